The third kappa shape index (κ3) is 3.91. The van der Waals surface area contributed by atoms with Crippen LogP contribution in [0.2, 0.25) is 0 Å². The molecule has 1 fully saturated rings. The van der Waals surface area contributed by atoms with Gasteiger partial charge in [-0.2, -0.15) is 0 Å². The fraction of sp³-hybridized carbons (Fsp3) is 0.471. The summed E-state index contributed by atoms with van der Waals surface area (Å²) in [5.74, 6) is 0.359. The number of fused-ring (bicyclic) bond motifs is 1. The van der Waals surface area contributed by atoms with Gasteiger partial charge in [0.1, 0.15) is 0 Å². The maximum atomic E-state index is 12.4. The molecule has 3 rings (SSSR count). The van der Waals surface area contributed by atoms with Crippen LogP contribution in [0.3, 0.4) is 0 Å². The van der Waals surface area contributed by atoms with Crippen LogP contribution < -0.4 is 10.6 Å². The van der Waals surface area contributed by atoms with E-state index in [-0.39, 0.29) is 18.4 Å². The Bertz CT molecular complexity index is 697. The van der Waals surface area contributed by atoms with Crippen molar-refractivity contribution in [2.75, 3.05) is 33.2 Å². The molecule has 7 heteroatoms. The Kier molecular flexibility index (Phi) is 5.42. The van der Waals surface area contributed by atoms with E-state index in [1.165, 1.54) is 4.70 Å². The highest BCUT2D eigenvalue weighted by Gasteiger charge is 2.27. The van der Waals surface area contributed by atoms with Crippen LogP contribution in [-0.2, 0) is 9.59 Å². The zero-order chi connectivity index (χ0) is 16.9. The van der Waals surface area contributed by atoms with Crippen LogP contribution in [0.5, 0.6) is 0 Å². The van der Waals surface area contributed by atoms with Crippen molar-refractivity contribution in [1.29, 1.82) is 0 Å². The maximum absolute atomic E-state index is 12.4. The fourth-order valence-electron chi connectivity index (χ4n) is 3.03. The van der Waals surface area contributed by atoms with Crippen LogP contribution in [0, 0.1) is 0 Å². The van der Waals surface area contributed by atoms with Gasteiger partial charge in [-0.1, -0.05) is 12.1 Å². The number of hydrogen-bond donors (Lipinski definition) is 2. The van der Waals surface area contributed by atoms with Gasteiger partial charge in [-0.3, -0.25) is 9.59 Å². The summed E-state index contributed by atoms with van der Waals surface area (Å²) in [6, 6.07) is 8.17. The number of carbonyl (C=O) groups excluding carboxylic acids is 2. The number of nitrogens with one attached hydrogen (secondary N) is 1. The molecule has 3 N–H and O–H groups in total. The average molecular weight is 347 g/mol. The maximum Gasteiger partial charge on any atom is 0.277 e. The van der Waals surface area contributed by atoms with Crippen LogP contribution in [0.15, 0.2) is 24.3 Å². The monoisotopic (exact) mass is 347 g/mol. The van der Waals surface area contributed by atoms with Crippen molar-refractivity contribution in [3.63, 3.8) is 0 Å². The van der Waals surface area contributed by atoms with Gasteiger partial charge in [-0.15, -0.1) is 11.3 Å². The number of carbonyl (C=O) groups is 2. The van der Waals surface area contributed by atoms with Crippen LogP contribution in [-0.4, -0.2) is 54.9 Å². The highest BCUT2D eigenvalue weighted by molar-refractivity contribution is 7.18. The zero-order valence-corrected chi connectivity index (χ0v) is 14.6. The molecule has 1 atom stereocenters. The first-order valence-corrected chi connectivity index (χ1v) is 9.14. The van der Waals surface area contributed by atoms with Crippen LogP contribution >= 0.6 is 11.3 Å². The number of nitrogens with zero attached hydrogens (tertiary/aromatic N) is 2. The molecule has 0 unspecified atom stereocenters. The van der Waals surface area contributed by atoms with Gasteiger partial charge in [-0.05, 0) is 25.0 Å². The Labute approximate surface area is 145 Å². The fourth-order valence-corrected chi connectivity index (χ4v) is 4.12. The molecule has 1 aromatic heterocycles. The van der Waals surface area contributed by atoms with Gasteiger partial charge in [-0.25, -0.2) is 4.98 Å². The summed E-state index contributed by atoms with van der Waals surface area (Å²) in [6.07, 6.45) is 2.08. The van der Waals surface area contributed by atoms with Gasteiger partial charge in [0.25, 0.3) is 11.8 Å². The van der Waals surface area contributed by atoms with Crippen molar-refractivity contribution in [2.24, 2.45) is 0 Å². The molecule has 0 saturated carbocycles. The number of para-hydroxylation sites is 1. The molecule has 0 bridgehead atoms. The molecule has 6 nitrogen and oxygen atoms in total. The lowest BCUT2D eigenvalue weighted by Gasteiger charge is -2.31. The van der Waals surface area contributed by atoms with E-state index in [9.17, 15) is 9.59 Å². The van der Waals surface area contributed by atoms with E-state index in [4.69, 9.17) is 4.98 Å². The van der Waals surface area contributed by atoms with E-state index in [1.807, 2.05) is 23.1 Å². The van der Waals surface area contributed by atoms with Gasteiger partial charge in [0.2, 0.25) is 0 Å². The van der Waals surface area contributed by atoms with Crippen molar-refractivity contribution in [1.82, 2.24) is 15.2 Å². The number of rotatable bonds is 5. The van der Waals surface area contributed by atoms with Gasteiger partial charge in [0, 0.05) is 26.1 Å². The molecule has 128 valence electrons. The quantitative estimate of drug-likeness (QED) is 0.817. The number of likely N-dealkylation sites (N-methyl/N-ethyl adjacent to an activating group) is 1. The predicted octanol–water partition coefficient (Wildman–Crippen LogP) is 0.312. The van der Waals surface area contributed by atoms with E-state index in [2.05, 4.69) is 11.4 Å². The second-order valence-corrected chi connectivity index (χ2v) is 7.13. The number of piperidine rings is 1. The highest BCUT2D eigenvalue weighted by atomic mass is 32.1. The molecule has 24 heavy (non-hydrogen) atoms. The molecular weight excluding hydrogens is 324 g/mol. The minimum Gasteiger partial charge on any atom is -0.354 e. The number of thiazole rings is 1. The minimum atomic E-state index is -0.0613. The second kappa shape index (κ2) is 7.72. The summed E-state index contributed by atoms with van der Waals surface area (Å²) in [6.45, 7) is 2.14. The first-order valence-electron chi connectivity index (χ1n) is 8.33. The molecular formula is C17H23N4O2S+. The molecule has 1 aliphatic rings. The van der Waals surface area contributed by atoms with Gasteiger partial charge < -0.3 is 15.5 Å². The third-order valence-electron chi connectivity index (χ3n) is 4.36. The van der Waals surface area contributed by atoms with Crippen LogP contribution in [0.1, 0.15) is 23.8 Å². The van der Waals surface area contributed by atoms with Crippen molar-refractivity contribution in [3.8, 4) is 0 Å². The smallest absolute Gasteiger partial charge is 0.277 e. The second-order valence-electron chi connectivity index (χ2n) is 6.07. The SMILES string of the molecule is CNC(=O)C[NH2+]CC(=O)N1CCC[C@H](c2nc3ccccc3s2)C1. The lowest BCUT2D eigenvalue weighted by molar-refractivity contribution is -0.633. The first-order chi connectivity index (χ1) is 11.7. The Morgan fingerprint density at radius 1 is 1.38 bits per heavy atom. The van der Waals surface area contributed by atoms with Crippen LogP contribution in [0.4, 0.5) is 0 Å². The van der Waals surface area contributed by atoms with Crippen LogP contribution in [0.25, 0.3) is 10.2 Å². The van der Waals surface area contributed by atoms with E-state index in [0.29, 0.717) is 12.5 Å². The molecule has 1 aliphatic heterocycles. The average Bonchev–Trinajstić information content (AvgIpc) is 3.05. The van der Waals surface area contributed by atoms with Crippen molar-refractivity contribution >= 4 is 33.4 Å². The van der Waals surface area contributed by atoms with E-state index in [1.54, 1.807) is 23.7 Å². The first kappa shape index (κ1) is 16.9. The molecule has 0 radical (unpaired) electrons. The Balaban J connectivity index is 1.59. The van der Waals surface area contributed by atoms with Crippen molar-refractivity contribution in [3.05, 3.63) is 29.3 Å². The molecule has 2 aromatic rings. The number of quaternary nitrogens is 1. The number of likely N-dealkylation sites (tertiary alicyclic amines) is 1. The number of hydrogen-bond acceptors (Lipinski definition) is 4. The highest BCUT2D eigenvalue weighted by Crippen LogP contribution is 2.32. The van der Waals surface area contributed by atoms with Crippen molar-refractivity contribution < 1.29 is 14.9 Å². The summed E-state index contributed by atoms with van der Waals surface area (Å²) in [5.41, 5.74) is 1.04. The van der Waals surface area contributed by atoms with E-state index >= 15 is 0 Å². The standard InChI is InChI=1S/C17H22N4O2S/c1-18-15(22)9-19-10-16(23)21-8-4-5-12(11-21)17-20-13-6-2-3-7-14(13)24-17/h2-3,6-7,12,19H,4-5,8-11H2,1H3,(H,18,22)/p+1/t12-/m0/s1. The minimum absolute atomic E-state index is 0.0613. The van der Waals surface area contributed by atoms with Gasteiger partial charge >= 0.3 is 0 Å². The lowest BCUT2D eigenvalue weighted by atomic mass is 9.98. The van der Waals surface area contributed by atoms with E-state index < -0.39 is 0 Å². The molecule has 0 spiro atoms. The number of aromatic nitrogens is 1. The normalized spacial score (nSPS) is 17.9. The number of nitrogens with two attached hydrogens (primary N) is 1. The summed E-state index contributed by atoms with van der Waals surface area (Å²) < 4.78 is 1.20. The molecule has 1 aromatic carbocycles. The summed E-state index contributed by atoms with van der Waals surface area (Å²) >= 11 is 1.73. The Morgan fingerprint density at radius 2 is 2.21 bits per heavy atom. The number of benzene rings is 1. The third-order valence-corrected chi connectivity index (χ3v) is 5.56. The molecule has 2 heterocycles. The Morgan fingerprint density at radius 3 is 3.00 bits per heavy atom. The molecule has 0 aliphatic carbocycles. The summed E-state index contributed by atoms with van der Waals surface area (Å²) in [4.78, 5) is 30.2. The van der Waals surface area contributed by atoms with Gasteiger partial charge in [0.15, 0.2) is 13.1 Å². The lowest BCUT2D eigenvalue weighted by Crippen LogP contribution is -2.88. The summed E-state index contributed by atoms with van der Waals surface area (Å²) in [5, 5.41) is 5.44. The Hall–Kier alpha value is -1.99. The van der Waals surface area contributed by atoms with E-state index in [0.717, 1.165) is 36.5 Å². The number of amides is 2. The topological polar surface area (TPSA) is 78.9 Å². The zero-order valence-electron chi connectivity index (χ0n) is 13.8. The molecule has 2 amide bonds. The van der Waals surface area contributed by atoms with Crippen molar-refractivity contribution in [2.45, 2.75) is 18.8 Å². The summed E-state index contributed by atoms with van der Waals surface area (Å²) in [7, 11) is 1.60. The largest absolute Gasteiger partial charge is 0.354 e. The molecule has 1 saturated heterocycles. The predicted molar refractivity (Wildman–Crippen MR) is 93.9 cm³/mol. The van der Waals surface area contributed by atoms with Gasteiger partial charge in [0.05, 0.1) is 15.2 Å².